The Labute approximate surface area is 167 Å². The maximum Gasteiger partial charge on any atom is 0.221 e. The van der Waals surface area contributed by atoms with E-state index in [2.05, 4.69) is 15.5 Å². The fourth-order valence-electron chi connectivity index (χ4n) is 3.19. The molecule has 26 heavy (non-hydrogen) atoms. The second kappa shape index (κ2) is 11.8. The number of aryl methyl sites for hydroxylation is 1. The van der Waals surface area contributed by atoms with Crippen molar-refractivity contribution in [3.05, 3.63) is 23.7 Å². The van der Waals surface area contributed by atoms with Crippen molar-refractivity contribution in [3.8, 4) is 0 Å². The van der Waals surface area contributed by atoms with Crippen molar-refractivity contribution < 1.29 is 18.7 Å². The van der Waals surface area contributed by atoms with Crippen LogP contribution in [-0.2, 0) is 14.3 Å². The number of carbonyl (C=O) groups is 1. The highest BCUT2D eigenvalue weighted by atomic mass is 35.5. The molecule has 9 heteroatoms. The summed E-state index contributed by atoms with van der Waals surface area (Å²) in [4.78, 5) is 14.6. The first-order valence-electron chi connectivity index (χ1n) is 8.68. The van der Waals surface area contributed by atoms with Gasteiger partial charge in [0.2, 0.25) is 5.91 Å². The number of furan rings is 1. The Balaban J connectivity index is 0.00000169. The van der Waals surface area contributed by atoms with E-state index in [1.165, 1.54) is 0 Å². The van der Waals surface area contributed by atoms with E-state index >= 15 is 0 Å². The van der Waals surface area contributed by atoms with Crippen LogP contribution in [0.5, 0.6) is 0 Å². The zero-order chi connectivity index (χ0) is 16.8. The van der Waals surface area contributed by atoms with Gasteiger partial charge in [-0.05, 0) is 19.1 Å². The van der Waals surface area contributed by atoms with Gasteiger partial charge in [-0.25, -0.2) is 0 Å². The molecule has 0 aromatic carbocycles. The SMILES string of the molecule is Cc1ccc(C(CNC(=O)CC2COCCN2)N2CCOCC2)o1.Cl.Cl. The molecule has 3 rings (SSSR count). The van der Waals surface area contributed by atoms with Crippen LogP contribution in [0.2, 0.25) is 0 Å². The van der Waals surface area contributed by atoms with E-state index in [4.69, 9.17) is 13.9 Å². The molecule has 2 N–H and O–H groups in total. The predicted octanol–water partition coefficient (Wildman–Crippen LogP) is 1.30. The topological polar surface area (TPSA) is 76.0 Å². The van der Waals surface area contributed by atoms with Gasteiger partial charge in [-0.15, -0.1) is 24.8 Å². The number of nitrogens with zero attached hydrogens (tertiary/aromatic N) is 1. The molecule has 2 unspecified atom stereocenters. The van der Waals surface area contributed by atoms with Crippen LogP contribution in [0.1, 0.15) is 24.0 Å². The molecule has 2 atom stereocenters. The number of amides is 1. The van der Waals surface area contributed by atoms with Crippen molar-refractivity contribution in [3.63, 3.8) is 0 Å². The molecular formula is C17H29Cl2N3O4. The Kier molecular flexibility index (Phi) is 10.5. The summed E-state index contributed by atoms with van der Waals surface area (Å²) in [7, 11) is 0. The van der Waals surface area contributed by atoms with Crippen LogP contribution in [0, 0.1) is 6.92 Å². The minimum atomic E-state index is 0. The average Bonchev–Trinajstić information content (AvgIpc) is 3.03. The molecule has 150 valence electrons. The van der Waals surface area contributed by atoms with Gasteiger partial charge in [0.1, 0.15) is 11.5 Å². The minimum Gasteiger partial charge on any atom is -0.465 e. The molecule has 1 aromatic rings. The lowest BCUT2D eigenvalue weighted by atomic mass is 10.1. The molecule has 3 heterocycles. The fourth-order valence-corrected chi connectivity index (χ4v) is 3.19. The van der Waals surface area contributed by atoms with E-state index in [9.17, 15) is 4.79 Å². The lowest BCUT2D eigenvalue weighted by molar-refractivity contribution is -0.122. The summed E-state index contributed by atoms with van der Waals surface area (Å²) in [6, 6.07) is 4.11. The predicted molar refractivity (Wildman–Crippen MR) is 103 cm³/mol. The number of rotatable bonds is 6. The molecule has 1 aromatic heterocycles. The second-order valence-corrected chi connectivity index (χ2v) is 6.35. The molecule has 2 fully saturated rings. The maximum atomic E-state index is 12.3. The van der Waals surface area contributed by atoms with Crippen LogP contribution in [0.3, 0.4) is 0 Å². The van der Waals surface area contributed by atoms with E-state index in [1.54, 1.807) is 0 Å². The third-order valence-electron chi connectivity index (χ3n) is 4.50. The van der Waals surface area contributed by atoms with Gasteiger partial charge in [-0.2, -0.15) is 0 Å². The van der Waals surface area contributed by atoms with Crippen molar-refractivity contribution in [1.29, 1.82) is 0 Å². The van der Waals surface area contributed by atoms with Crippen molar-refractivity contribution in [2.24, 2.45) is 0 Å². The summed E-state index contributed by atoms with van der Waals surface area (Å²) in [5, 5.41) is 6.36. The molecule has 0 aliphatic carbocycles. The number of carbonyl (C=O) groups excluding carboxylic acids is 1. The Morgan fingerprint density at radius 3 is 2.65 bits per heavy atom. The smallest absolute Gasteiger partial charge is 0.221 e. The minimum absolute atomic E-state index is 0. The van der Waals surface area contributed by atoms with Crippen LogP contribution < -0.4 is 10.6 Å². The van der Waals surface area contributed by atoms with E-state index in [0.717, 1.165) is 37.8 Å². The van der Waals surface area contributed by atoms with Crippen molar-refractivity contribution in [2.75, 3.05) is 52.6 Å². The molecule has 1 amide bonds. The van der Waals surface area contributed by atoms with Gasteiger partial charge in [-0.3, -0.25) is 9.69 Å². The second-order valence-electron chi connectivity index (χ2n) is 6.35. The first kappa shape index (κ1) is 23.2. The maximum absolute atomic E-state index is 12.3. The highest BCUT2D eigenvalue weighted by molar-refractivity contribution is 5.85. The van der Waals surface area contributed by atoms with Gasteiger partial charge in [0.25, 0.3) is 0 Å². The largest absolute Gasteiger partial charge is 0.465 e. The Bertz CT molecular complexity index is 532. The highest BCUT2D eigenvalue weighted by Gasteiger charge is 2.26. The summed E-state index contributed by atoms with van der Waals surface area (Å²) in [6.07, 6.45) is 0.438. The molecular weight excluding hydrogens is 381 g/mol. The summed E-state index contributed by atoms with van der Waals surface area (Å²) in [5.74, 6) is 1.83. The van der Waals surface area contributed by atoms with E-state index in [0.29, 0.717) is 32.8 Å². The fraction of sp³-hybridized carbons (Fsp3) is 0.706. The molecule has 2 saturated heterocycles. The van der Waals surface area contributed by atoms with Crippen LogP contribution >= 0.6 is 24.8 Å². The zero-order valence-electron chi connectivity index (χ0n) is 15.1. The monoisotopic (exact) mass is 409 g/mol. The third-order valence-corrected chi connectivity index (χ3v) is 4.50. The molecule has 7 nitrogen and oxygen atoms in total. The lowest BCUT2D eigenvalue weighted by Crippen LogP contribution is -2.46. The standard InChI is InChI=1S/C17H27N3O4.2ClH/c1-13-2-3-16(24-13)15(20-5-8-22-9-6-20)11-19-17(21)10-14-12-23-7-4-18-14;;/h2-3,14-15,18H,4-12H2,1H3,(H,19,21);2*1H. The normalized spacial score (nSPS) is 22.0. The van der Waals surface area contributed by atoms with Crippen molar-refractivity contribution in [1.82, 2.24) is 15.5 Å². The Morgan fingerprint density at radius 1 is 1.27 bits per heavy atom. The number of halogens is 2. The van der Waals surface area contributed by atoms with Gasteiger partial charge in [0.15, 0.2) is 0 Å². The average molecular weight is 410 g/mol. The highest BCUT2D eigenvalue weighted by Crippen LogP contribution is 2.23. The number of ether oxygens (including phenoxy) is 2. The van der Waals surface area contributed by atoms with Gasteiger partial charge in [0, 0.05) is 38.6 Å². The Morgan fingerprint density at radius 2 is 2.04 bits per heavy atom. The van der Waals surface area contributed by atoms with Crippen LogP contribution in [0.4, 0.5) is 0 Å². The summed E-state index contributed by atoms with van der Waals surface area (Å²) < 4.78 is 16.6. The quantitative estimate of drug-likeness (QED) is 0.737. The van der Waals surface area contributed by atoms with E-state index < -0.39 is 0 Å². The van der Waals surface area contributed by atoms with E-state index in [1.807, 2.05) is 19.1 Å². The lowest BCUT2D eigenvalue weighted by Gasteiger charge is -2.33. The van der Waals surface area contributed by atoms with Gasteiger partial charge in [-0.1, -0.05) is 0 Å². The molecule has 0 spiro atoms. The number of morpholine rings is 2. The van der Waals surface area contributed by atoms with Gasteiger partial charge in [0.05, 0.1) is 32.5 Å². The summed E-state index contributed by atoms with van der Waals surface area (Å²) in [5.41, 5.74) is 0. The van der Waals surface area contributed by atoms with Crippen molar-refractivity contribution >= 4 is 30.7 Å². The number of nitrogens with one attached hydrogen (secondary N) is 2. The van der Waals surface area contributed by atoms with Crippen molar-refractivity contribution in [2.45, 2.75) is 25.4 Å². The van der Waals surface area contributed by atoms with Crippen LogP contribution in [0.15, 0.2) is 16.5 Å². The molecule has 0 saturated carbocycles. The van der Waals surface area contributed by atoms with Gasteiger partial charge < -0.3 is 24.5 Å². The number of hydrogen-bond acceptors (Lipinski definition) is 6. The first-order chi connectivity index (χ1) is 11.7. The molecule has 0 bridgehead atoms. The number of hydrogen-bond donors (Lipinski definition) is 2. The Hall–Kier alpha value is -0.830. The third kappa shape index (κ3) is 6.72. The molecule has 2 aliphatic heterocycles. The molecule has 2 aliphatic rings. The van der Waals surface area contributed by atoms with Gasteiger partial charge >= 0.3 is 0 Å². The van der Waals surface area contributed by atoms with Crippen LogP contribution in [-0.4, -0.2) is 69.5 Å². The first-order valence-corrected chi connectivity index (χ1v) is 8.68. The zero-order valence-corrected chi connectivity index (χ0v) is 16.7. The van der Waals surface area contributed by atoms with Crippen LogP contribution in [0.25, 0.3) is 0 Å². The summed E-state index contributed by atoms with van der Waals surface area (Å²) in [6.45, 7) is 7.72. The molecule has 0 radical (unpaired) electrons. The van der Waals surface area contributed by atoms with E-state index in [-0.39, 0.29) is 42.8 Å². The summed E-state index contributed by atoms with van der Waals surface area (Å²) >= 11 is 0.